The van der Waals surface area contributed by atoms with Crippen molar-refractivity contribution in [1.29, 1.82) is 0 Å². The lowest BCUT2D eigenvalue weighted by Crippen LogP contribution is -2.40. The molecule has 4 rings (SSSR count). The number of benzene rings is 2. The third-order valence-electron chi connectivity index (χ3n) is 4.86. The molecule has 27 heavy (non-hydrogen) atoms. The third kappa shape index (κ3) is 3.72. The molecule has 0 saturated carbocycles. The van der Waals surface area contributed by atoms with Crippen LogP contribution in [0.4, 0.5) is 8.78 Å². The number of ether oxygens (including phenoxy) is 1. The predicted molar refractivity (Wildman–Crippen MR) is 103 cm³/mol. The molecule has 1 aliphatic rings. The fourth-order valence-corrected chi connectivity index (χ4v) is 4.09. The van der Waals surface area contributed by atoms with E-state index >= 15 is 0 Å². The molecule has 0 fully saturated rings. The second kappa shape index (κ2) is 7.72. The van der Waals surface area contributed by atoms with E-state index in [0.717, 1.165) is 35.7 Å². The van der Waals surface area contributed by atoms with Gasteiger partial charge in [-0.15, -0.1) is 0 Å². The highest BCUT2D eigenvalue weighted by Gasteiger charge is 2.28. The van der Waals surface area contributed by atoms with Crippen LogP contribution in [0.2, 0.25) is 0 Å². The molecule has 140 valence electrons. The van der Waals surface area contributed by atoms with Gasteiger partial charge in [-0.3, -0.25) is 0 Å². The fourth-order valence-electron chi connectivity index (χ4n) is 3.59. The van der Waals surface area contributed by atoms with Crippen LogP contribution in [-0.2, 0) is 13.0 Å². The number of fused-ring (bicyclic) bond motifs is 1. The summed E-state index contributed by atoms with van der Waals surface area (Å²) in [5.41, 5.74) is 3.17. The molecule has 1 aromatic heterocycles. The number of alkyl halides is 2. The van der Waals surface area contributed by atoms with Crippen LogP contribution in [-0.4, -0.2) is 17.4 Å². The van der Waals surface area contributed by atoms with Gasteiger partial charge in [0, 0.05) is 16.9 Å². The van der Waals surface area contributed by atoms with E-state index in [1.54, 1.807) is 19.2 Å². The second-order valence-corrected chi connectivity index (χ2v) is 7.58. The Balaban J connectivity index is 1.79. The van der Waals surface area contributed by atoms with Crippen LogP contribution in [0.5, 0.6) is 5.75 Å². The molecule has 6 heteroatoms. The fraction of sp³-hybridized carbons (Fsp3) is 0.286. The molecule has 0 bridgehead atoms. The summed E-state index contributed by atoms with van der Waals surface area (Å²) in [6.45, 7) is 1.00. The number of thioether (sulfide) groups is 1. The maximum absolute atomic E-state index is 12.6. The van der Waals surface area contributed by atoms with Crippen LogP contribution in [0.25, 0.3) is 16.9 Å². The van der Waals surface area contributed by atoms with Gasteiger partial charge in [0.25, 0.3) is 11.6 Å². The van der Waals surface area contributed by atoms with Crippen molar-refractivity contribution in [3.05, 3.63) is 60.6 Å². The molecule has 3 nitrogen and oxygen atoms in total. The molecule has 0 radical (unpaired) electrons. The number of methoxy groups -OCH3 is 1. The number of halogens is 2. The zero-order chi connectivity index (χ0) is 18.8. The lowest BCUT2D eigenvalue weighted by atomic mass is 10.1. The summed E-state index contributed by atoms with van der Waals surface area (Å²) in [4.78, 5) is 0.578. The largest absolute Gasteiger partial charge is 0.497 e. The Hall–Kier alpha value is -2.34. The molecule has 0 saturated heterocycles. The summed E-state index contributed by atoms with van der Waals surface area (Å²) < 4.78 is 35.0. The molecule has 0 N–H and O–H groups in total. The first-order valence-electron chi connectivity index (χ1n) is 8.99. The van der Waals surface area contributed by atoms with Crippen molar-refractivity contribution in [2.24, 2.45) is 0 Å². The summed E-state index contributed by atoms with van der Waals surface area (Å²) >= 11 is 0.575. The quantitative estimate of drug-likeness (QED) is 0.448. The molecule has 0 spiro atoms. The van der Waals surface area contributed by atoms with E-state index in [1.165, 1.54) is 18.7 Å². The van der Waals surface area contributed by atoms with Gasteiger partial charge in [0.1, 0.15) is 17.6 Å². The van der Waals surface area contributed by atoms with Crippen molar-refractivity contribution >= 4 is 11.8 Å². The highest BCUT2D eigenvalue weighted by Crippen LogP contribution is 2.31. The van der Waals surface area contributed by atoms with Gasteiger partial charge in [-0.05, 0) is 61.4 Å². The van der Waals surface area contributed by atoms with E-state index in [4.69, 9.17) is 4.74 Å². The number of aryl methyl sites for hydroxylation is 1. The van der Waals surface area contributed by atoms with Crippen LogP contribution in [0.15, 0.2) is 59.6 Å². The van der Waals surface area contributed by atoms with Crippen molar-refractivity contribution in [2.75, 3.05) is 7.11 Å². The van der Waals surface area contributed by atoms with E-state index in [2.05, 4.69) is 27.5 Å². The summed E-state index contributed by atoms with van der Waals surface area (Å²) in [7, 11) is 1.66. The van der Waals surface area contributed by atoms with E-state index < -0.39 is 5.76 Å². The molecule has 3 aromatic rings. The van der Waals surface area contributed by atoms with Gasteiger partial charge in [0.2, 0.25) is 0 Å². The standard InChI is InChI=1S/C21H21F2N2OS/c1-26-17-9-7-16(8-10-17)25-19(14-24-13-3-2-4-20(24)25)15-5-11-18(12-6-15)27-21(22)23/h5-12,14,21H,2-4,13H2,1H3/q+1. The van der Waals surface area contributed by atoms with Crippen LogP contribution in [0.3, 0.4) is 0 Å². The molecule has 2 heterocycles. The molecular formula is C21H21F2N2OS+. The highest BCUT2D eigenvalue weighted by atomic mass is 32.2. The minimum absolute atomic E-state index is 0.575. The summed E-state index contributed by atoms with van der Waals surface area (Å²) in [5.74, 6) is -0.309. The van der Waals surface area contributed by atoms with Crippen molar-refractivity contribution in [2.45, 2.75) is 36.5 Å². The number of aromatic nitrogens is 2. The van der Waals surface area contributed by atoms with E-state index in [9.17, 15) is 8.78 Å². The molecule has 2 aromatic carbocycles. The number of nitrogens with zero attached hydrogens (tertiary/aromatic N) is 2. The van der Waals surface area contributed by atoms with Gasteiger partial charge in [-0.1, -0.05) is 11.8 Å². The van der Waals surface area contributed by atoms with Crippen LogP contribution < -0.4 is 9.30 Å². The van der Waals surface area contributed by atoms with Crippen molar-refractivity contribution in [3.63, 3.8) is 0 Å². The Morgan fingerprint density at radius 2 is 1.78 bits per heavy atom. The van der Waals surface area contributed by atoms with Gasteiger partial charge in [0.15, 0.2) is 5.69 Å². The second-order valence-electron chi connectivity index (χ2n) is 6.52. The number of rotatable bonds is 5. The lowest BCUT2D eigenvalue weighted by Gasteiger charge is -2.10. The monoisotopic (exact) mass is 387 g/mol. The third-order valence-corrected chi connectivity index (χ3v) is 5.59. The molecule has 0 atom stereocenters. The SMILES string of the molecule is COc1ccc(-n2c(-c3ccc(SC(F)F)cc3)c[n+]3c2CCCC3)cc1. The molecular weight excluding hydrogens is 366 g/mol. The zero-order valence-electron chi connectivity index (χ0n) is 15.1. The van der Waals surface area contributed by atoms with E-state index in [1.807, 2.05) is 24.3 Å². The van der Waals surface area contributed by atoms with Gasteiger partial charge in [-0.2, -0.15) is 13.3 Å². The topological polar surface area (TPSA) is 18.0 Å². The van der Waals surface area contributed by atoms with Crippen molar-refractivity contribution < 1.29 is 18.1 Å². The highest BCUT2D eigenvalue weighted by molar-refractivity contribution is 7.99. The van der Waals surface area contributed by atoms with E-state index in [-0.39, 0.29) is 0 Å². The van der Waals surface area contributed by atoms with Crippen molar-refractivity contribution in [3.8, 4) is 22.7 Å². The van der Waals surface area contributed by atoms with Gasteiger partial charge in [0.05, 0.1) is 13.7 Å². The molecule has 0 aliphatic carbocycles. The maximum Gasteiger partial charge on any atom is 0.288 e. The molecule has 0 unspecified atom stereocenters. The Kier molecular flexibility index (Phi) is 5.16. The average molecular weight is 387 g/mol. The first-order chi connectivity index (χ1) is 13.2. The first-order valence-corrected chi connectivity index (χ1v) is 9.87. The Labute approximate surface area is 161 Å². The number of hydrogen-bond acceptors (Lipinski definition) is 2. The summed E-state index contributed by atoms with van der Waals surface area (Å²) in [6, 6.07) is 15.4. The minimum Gasteiger partial charge on any atom is -0.497 e. The Morgan fingerprint density at radius 1 is 1.04 bits per heavy atom. The number of hydrogen-bond donors (Lipinski definition) is 0. The molecule has 0 amide bonds. The van der Waals surface area contributed by atoms with Gasteiger partial charge in [-0.25, -0.2) is 4.57 Å². The summed E-state index contributed by atoms with van der Waals surface area (Å²) in [6.07, 6.45) is 5.54. The van der Waals surface area contributed by atoms with Crippen molar-refractivity contribution in [1.82, 2.24) is 4.57 Å². The van der Waals surface area contributed by atoms with Crippen LogP contribution in [0, 0.1) is 0 Å². The van der Waals surface area contributed by atoms with E-state index in [0.29, 0.717) is 16.7 Å². The minimum atomic E-state index is -2.40. The average Bonchev–Trinajstić information content (AvgIpc) is 3.08. The van der Waals surface area contributed by atoms with Gasteiger partial charge < -0.3 is 4.74 Å². The smallest absolute Gasteiger partial charge is 0.288 e. The van der Waals surface area contributed by atoms with Crippen LogP contribution in [0.1, 0.15) is 18.7 Å². The normalized spacial score (nSPS) is 13.6. The Bertz CT molecular complexity index is 921. The Morgan fingerprint density at radius 3 is 2.44 bits per heavy atom. The predicted octanol–water partition coefficient (Wildman–Crippen LogP) is 5.09. The van der Waals surface area contributed by atoms with Crippen LogP contribution >= 0.6 is 11.8 Å². The summed E-state index contributed by atoms with van der Waals surface area (Å²) in [5, 5.41) is 0. The van der Waals surface area contributed by atoms with Gasteiger partial charge >= 0.3 is 0 Å². The number of imidazole rings is 1. The first kappa shape index (κ1) is 18.0. The molecule has 1 aliphatic heterocycles. The lowest BCUT2D eigenvalue weighted by molar-refractivity contribution is -0.708. The maximum atomic E-state index is 12.6. The zero-order valence-corrected chi connectivity index (χ0v) is 15.9.